The molecule has 0 atom stereocenters. The van der Waals surface area contributed by atoms with Crippen LogP contribution < -0.4 is 14.8 Å². The first-order valence-electron chi connectivity index (χ1n) is 10.5. The van der Waals surface area contributed by atoms with Crippen molar-refractivity contribution in [3.63, 3.8) is 0 Å². The number of benzene rings is 4. The lowest BCUT2D eigenvalue weighted by Crippen LogP contribution is -2.13. The highest BCUT2D eigenvalue weighted by atomic mass is 16.5. The summed E-state index contributed by atoms with van der Waals surface area (Å²) in [6.07, 6.45) is 0. The number of rotatable bonds is 8. The molecule has 1 N–H and O–H groups in total. The second-order valence-corrected chi connectivity index (χ2v) is 7.53. The SMILES string of the molecule is Cc1cccc(COc2ccc(C(=O)Nc3ccccc3OCc3ccccc3)cc2)c1. The molecular weight excluding hydrogens is 398 g/mol. The molecule has 0 heterocycles. The van der Waals surface area contributed by atoms with Gasteiger partial charge in [0.25, 0.3) is 5.91 Å². The molecular formula is C28H25NO3. The van der Waals surface area contributed by atoms with E-state index in [2.05, 4.69) is 24.4 Å². The average molecular weight is 424 g/mol. The van der Waals surface area contributed by atoms with Gasteiger partial charge < -0.3 is 14.8 Å². The fourth-order valence-corrected chi connectivity index (χ4v) is 3.30. The maximum absolute atomic E-state index is 12.8. The molecule has 0 fully saturated rings. The van der Waals surface area contributed by atoms with Gasteiger partial charge >= 0.3 is 0 Å². The molecule has 0 radical (unpaired) electrons. The van der Waals surface area contributed by atoms with E-state index in [1.165, 1.54) is 5.56 Å². The van der Waals surface area contributed by atoms with Crippen molar-refractivity contribution in [2.24, 2.45) is 0 Å². The van der Waals surface area contributed by atoms with E-state index in [4.69, 9.17) is 9.47 Å². The number of aryl methyl sites for hydroxylation is 1. The fraction of sp³-hybridized carbons (Fsp3) is 0.107. The average Bonchev–Trinajstić information content (AvgIpc) is 2.83. The smallest absolute Gasteiger partial charge is 0.255 e. The van der Waals surface area contributed by atoms with Gasteiger partial charge in [0.2, 0.25) is 0 Å². The Morgan fingerprint density at radius 3 is 2.19 bits per heavy atom. The third-order valence-electron chi connectivity index (χ3n) is 4.98. The Hall–Kier alpha value is -4.05. The highest BCUT2D eigenvalue weighted by Gasteiger charge is 2.10. The second kappa shape index (κ2) is 10.3. The zero-order valence-corrected chi connectivity index (χ0v) is 18.0. The van der Waals surface area contributed by atoms with E-state index in [-0.39, 0.29) is 5.91 Å². The van der Waals surface area contributed by atoms with Crippen molar-refractivity contribution in [3.05, 3.63) is 125 Å². The van der Waals surface area contributed by atoms with E-state index >= 15 is 0 Å². The van der Waals surface area contributed by atoms with Crippen LogP contribution in [0.2, 0.25) is 0 Å². The maximum atomic E-state index is 12.8. The lowest BCUT2D eigenvalue weighted by atomic mass is 10.1. The van der Waals surface area contributed by atoms with Gasteiger partial charge in [-0.3, -0.25) is 4.79 Å². The van der Waals surface area contributed by atoms with E-state index in [0.29, 0.717) is 30.2 Å². The number of carbonyl (C=O) groups excluding carboxylic acids is 1. The zero-order valence-electron chi connectivity index (χ0n) is 18.0. The van der Waals surface area contributed by atoms with Crippen molar-refractivity contribution >= 4 is 11.6 Å². The predicted molar refractivity (Wildman–Crippen MR) is 127 cm³/mol. The minimum atomic E-state index is -0.203. The van der Waals surface area contributed by atoms with Gasteiger partial charge in [-0.15, -0.1) is 0 Å². The second-order valence-electron chi connectivity index (χ2n) is 7.53. The Kier molecular flexibility index (Phi) is 6.83. The quantitative estimate of drug-likeness (QED) is 0.356. The van der Waals surface area contributed by atoms with Crippen LogP contribution >= 0.6 is 0 Å². The Morgan fingerprint density at radius 1 is 0.719 bits per heavy atom. The number of hydrogen-bond acceptors (Lipinski definition) is 3. The Morgan fingerprint density at radius 2 is 1.41 bits per heavy atom. The van der Waals surface area contributed by atoms with E-state index in [0.717, 1.165) is 16.9 Å². The summed E-state index contributed by atoms with van der Waals surface area (Å²) in [5, 5.41) is 2.94. The lowest BCUT2D eigenvalue weighted by Gasteiger charge is -2.13. The van der Waals surface area contributed by atoms with Crippen LogP contribution in [0.5, 0.6) is 11.5 Å². The molecule has 0 aliphatic carbocycles. The van der Waals surface area contributed by atoms with Crippen LogP contribution in [0.25, 0.3) is 0 Å². The summed E-state index contributed by atoms with van der Waals surface area (Å²) in [4.78, 5) is 12.8. The van der Waals surface area contributed by atoms with Gasteiger partial charge in [0.05, 0.1) is 5.69 Å². The number of nitrogens with one attached hydrogen (secondary N) is 1. The predicted octanol–water partition coefficient (Wildman–Crippen LogP) is 6.41. The van der Waals surface area contributed by atoms with Crippen molar-refractivity contribution in [2.75, 3.05) is 5.32 Å². The number of hydrogen-bond donors (Lipinski definition) is 1. The van der Waals surface area contributed by atoms with Gasteiger partial charge in [0, 0.05) is 5.56 Å². The van der Waals surface area contributed by atoms with Crippen LogP contribution in [0, 0.1) is 6.92 Å². The van der Waals surface area contributed by atoms with E-state index in [1.807, 2.05) is 78.9 Å². The molecule has 1 amide bonds. The molecule has 0 unspecified atom stereocenters. The standard InChI is InChI=1S/C28H25NO3/c1-21-8-7-11-23(18-21)20-31-25-16-14-24(15-17-25)28(30)29-26-12-5-6-13-27(26)32-19-22-9-3-2-4-10-22/h2-18H,19-20H2,1H3,(H,29,30). The van der Waals surface area contributed by atoms with Gasteiger partial charge in [-0.2, -0.15) is 0 Å². The Balaban J connectivity index is 1.36. The van der Waals surface area contributed by atoms with Gasteiger partial charge in [0.1, 0.15) is 24.7 Å². The summed E-state index contributed by atoms with van der Waals surface area (Å²) in [6.45, 7) is 2.97. The van der Waals surface area contributed by atoms with E-state index < -0.39 is 0 Å². The van der Waals surface area contributed by atoms with Gasteiger partial charge in [0.15, 0.2) is 0 Å². The molecule has 4 aromatic rings. The van der Waals surface area contributed by atoms with Crippen molar-refractivity contribution < 1.29 is 14.3 Å². The third kappa shape index (κ3) is 5.76. The Labute approximate surface area is 188 Å². The molecule has 0 aromatic heterocycles. The largest absolute Gasteiger partial charge is 0.489 e. The molecule has 0 aliphatic heterocycles. The van der Waals surface area contributed by atoms with Gasteiger partial charge in [-0.1, -0.05) is 72.3 Å². The number of ether oxygens (including phenoxy) is 2. The molecule has 4 nitrogen and oxygen atoms in total. The van der Waals surface area contributed by atoms with Crippen LogP contribution in [-0.4, -0.2) is 5.91 Å². The first-order chi connectivity index (χ1) is 15.7. The van der Waals surface area contributed by atoms with E-state index in [9.17, 15) is 4.79 Å². The van der Waals surface area contributed by atoms with Crippen molar-refractivity contribution in [2.45, 2.75) is 20.1 Å². The van der Waals surface area contributed by atoms with Crippen LogP contribution in [-0.2, 0) is 13.2 Å². The minimum absolute atomic E-state index is 0.203. The number of para-hydroxylation sites is 2. The molecule has 0 saturated heterocycles. The molecule has 0 saturated carbocycles. The first-order valence-corrected chi connectivity index (χ1v) is 10.5. The zero-order chi connectivity index (χ0) is 22.2. The summed E-state index contributed by atoms with van der Waals surface area (Å²) in [7, 11) is 0. The number of anilines is 1. The molecule has 4 heteroatoms. The maximum Gasteiger partial charge on any atom is 0.255 e. The molecule has 0 spiro atoms. The summed E-state index contributed by atoms with van der Waals surface area (Å²) < 4.78 is 11.8. The minimum Gasteiger partial charge on any atom is -0.489 e. The summed E-state index contributed by atoms with van der Waals surface area (Å²) >= 11 is 0. The lowest BCUT2D eigenvalue weighted by molar-refractivity contribution is 0.102. The molecule has 0 aliphatic rings. The molecule has 32 heavy (non-hydrogen) atoms. The van der Waals surface area contributed by atoms with E-state index in [1.54, 1.807) is 12.1 Å². The van der Waals surface area contributed by atoms with Crippen molar-refractivity contribution in [3.8, 4) is 11.5 Å². The summed E-state index contributed by atoms with van der Waals surface area (Å²) in [5.74, 6) is 1.14. The summed E-state index contributed by atoms with van der Waals surface area (Å²) in [5.41, 5.74) is 4.55. The number of amides is 1. The highest BCUT2D eigenvalue weighted by Crippen LogP contribution is 2.26. The molecule has 160 valence electrons. The van der Waals surface area contributed by atoms with Crippen LogP contribution in [0.1, 0.15) is 27.0 Å². The third-order valence-corrected chi connectivity index (χ3v) is 4.98. The molecule has 4 aromatic carbocycles. The van der Waals surface area contributed by atoms with Crippen LogP contribution in [0.4, 0.5) is 5.69 Å². The monoisotopic (exact) mass is 423 g/mol. The Bertz CT molecular complexity index is 1170. The topological polar surface area (TPSA) is 47.6 Å². The van der Waals surface area contributed by atoms with Crippen LogP contribution in [0.15, 0.2) is 103 Å². The fourth-order valence-electron chi connectivity index (χ4n) is 3.30. The first kappa shape index (κ1) is 21.2. The van der Waals surface area contributed by atoms with Crippen molar-refractivity contribution in [1.82, 2.24) is 0 Å². The number of carbonyl (C=O) groups is 1. The molecule has 0 bridgehead atoms. The van der Waals surface area contributed by atoms with Gasteiger partial charge in [-0.05, 0) is 54.4 Å². The highest BCUT2D eigenvalue weighted by molar-refractivity contribution is 6.05. The molecule has 4 rings (SSSR count). The summed E-state index contributed by atoms with van der Waals surface area (Å²) in [6, 6.07) is 32.7. The van der Waals surface area contributed by atoms with Crippen LogP contribution in [0.3, 0.4) is 0 Å². The normalized spacial score (nSPS) is 10.4. The van der Waals surface area contributed by atoms with Crippen molar-refractivity contribution in [1.29, 1.82) is 0 Å². The van der Waals surface area contributed by atoms with Gasteiger partial charge in [-0.25, -0.2) is 0 Å².